The van der Waals surface area contributed by atoms with Crippen molar-refractivity contribution in [1.82, 2.24) is 4.72 Å². The first-order chi connectivity index (χ1) is 9.24. The van der Waals surface area contributed by atoms with Gasteiger partial charge in [0.05, 0.1) is 4.90 Å². The van der Waals surface area contributed by atoms with Crippen LogP contribution in [-0.2, 0) is 10.0 Å². The number of hydrogen-bond acceptors (Lipinski definition) is 3. The zero-order valence-corrected chi connectivity index (χ0v) is 13.7. The van der Waals surface area contributed by atoms with Crippen molar-refractivity contribution in [2.45, 2.75) is 45.4 Å². The van der Waals surface area contributed by atoms with Crippen LogP contribution in [0.2, 0.25) is 0 Å². The summed E-state index contributed by atoms with van der Waals surface area (Å²) < 4.78 is 26.9. The van der Waals surface area contributed by atoms with Crippen LogP contribution in [0.15, 0.2) is 29.2 Å². The maximum absolute atomic E-state index is 12.1. The molecule has 2 N–H and O–H groups in total. The summed E-state index contributed by atoms with van der Waals surface area (Å²) in [4.78, 5) is 0.313. The molecule has 4 nitrogen and oxygen atoms in total. The van der Waals surface area contributed by atoms with E-state index in [4.69, 9.17) is 0 Å². The molecule has 5 heteroatoms. The number of nitrogens with one attached hydrogen (secondary N) is 2. The topological polar surface area (TPSA) is 58.2 Å². The summed E-state index contributed by atoms with van der Waals surface area (Å²) >= 11 is 0. The van der Waals surface area contributed by atoms with E-state index in [0.29, 0.717) is 11.4 Å². The average molecular weight is 298 g/mol. The van der Waals surface area contributed by atoms with Gasteiger partial charge in [-0.2, -0.15) is 0 Å². The van der Waals surface area contributed by atoms with Gasteiger partial charge in [-0.1, -0.05) is 27.7 Å². The fourth-order valence-electron chi connectivity index (χ4n) is 1.67. The van der Waals surface area contributed by atoms with Crippen LogP contribution in [-0.4, -0.2) is 21.5 Å². The van der Waals surface area contributed by atoms with Gasteiger partial charge in [-0.3, -0.25) is 0 Å². The molecule has 114 valence electrons. The summed E-state index contributed by atoms with van der Waals surface area (Å²) in [5.74, 6) is 0. The molecule has 1 aromatic carbocycles. The Morgan fingerprint density at radius 3 is 2.15 bits per heavy atom. The predicted octanol–water partition coefficient (Wildman–Crippen LogP) is 3.22. The lowest BCUT2D eigenvalue weighted by Crippen LogP contribution is -2.27. The highest BCUT2D eigenvalue weighted by Gasteiger charge is 2.16. The average Bonchev–Trinajstić information content (AvgIpc) is 2.35. The highest BCUT2D eigenvalue weighted by molar-refractivity contribution is 7.89. The third-order valence-corrected chi connectivity index (χ3v) is 4.39. The number of anilines is 1. The third-order valence-electron chi connectivity index (χ3n) is 2.91. The first-order valence-electron chi connectivity index (χ1n) is 7.08. The van der Waals surface area contributed by atoms with E-state index in [0.717, 1.165) is 25.1 Å². The van der Waals surface area contributed by atoms with Crippen molar-refractivity contribution in [3.8, 4) is 0 Å². The molecule has 0 amide bonds. The number of benzene rings is 1. The van der Waals surface area contributed by atoms with Gasteiger partial charge < -0.3 is 5.32 Å². The summed E-state index contributed by atoms with van der Waals surface area (Å²) in [6.07, 6.45) is 1.84. The minimum atomic E-state index is -3.40. The molecule has 0 aliphatic heterocycles. The largest absolute Gasteiger partial charge is 0.385 e. The van der Waals surface area contributed by atoms with Gasteiger partial charge in [0, 0.05) is 18.8 Å². The Morgan fingerprint density at radius 2 is 1.65 bits per heavy atom. The normalized spacial score (nSPS) is 12.4. The molecule has 0 unspecified atom stereocenters. The van der Waals surface area contributed by atoms with Gasteiger partial charge in [-0.15, -0.1) is 0 Å². The molecule has 0 saturated carbocycles. The molecule has 0 heterocycles. The van der Waals surface area contributed by atoms with Gasteiger partial charge in [-0.05, 0) is 42.5 Å². The van der Waals surface area contributed by atoms with E-state index in [-0.39, 0.29) is 5.41 Å². The summed E-state index contributed by atoms with van der Waals surface area (Å²) in [6, 6.07) is 6.87. The maximum Gasteiger partial charge on any atom is 0.240 e. The Morgan fingerprint density at radius 1 is 1.05 bits per heavy atom. The summed E-state index contributed by atoms with van der Waals surface area (Å²) in [7, 11) is -3.40. The van der Waals surface area contributed by atoms with Crippen LogP contribution >= 0.6 is 0 Å². The number of sulfonamides is 1. The molecule has 0 atom stereocenters. The molecule has 0 spiro atoms. The quantitative estimate of drug-likeness (QED) is 0.812. The predicted molar refractivity (Wildman–Crippen MR) is 84.5 cm³/mol. The number of hydrogen-bond donors (Lipinski definition) is 2. The minimum absolute atomic E-state index is 0.121. The van der Waals surface area contributed by atoms with Gasteiger partial charge in [0.2, 0.25) is 10.0 Å². The van der Waals surface area contributed by atoms with Crippen LogP contribution in [0.4, 0.5) is 5.69 Å². The molecule has 0 bridgehead atoms. The summed E-state index contributed by atoms with van der Waals surface area (Å²) in [5, 5.41) is 3.22. The lowest BCUT2D eigenvalue weighted by molar-refractivity contribution is 0.378. The Bertz CT molecular complexity index is 502. The van der Waals surface area contributed by atoms with Crippen molar-refractivity contribution in [2.75, 3.05) is 18.4 Å². The molecule has 20 heavy (non-hydrogen) atoms. The Hall–Kier alpha value is -1.07. The molecule has 1 aromatic rings. The monoisotopic (exact) mass is 298 g/mol. The van der Waals surface area contributed by atoms with Crippen LogP contribution in [0.3, 0.4) is 0 Å². The molecular formula is C15H26N2O2S. The molecule has 0 aromatic heterocycles. The van der Waals surface area contributed by atoms with Crippen LogP contribution in [0.1, 0.15) is 40.5 Å². The number of rotatable bonds is 7. The molecule has 0 radical (unpaired) electrons. The van der Waals surface area contributed by atoms with Crippen molar-refractivity contribution in [3.63, 3.8) is 0 Å². The second kappa shape index (κ2) is 7.09. The van der Waals surface area contributed by atoms with Gasteiger partial charge in [0.15, 0.2) is 0 Å². The smallest absolute Gasteiger partial charge is 0.240 e. The molecule has 0 aliphatic rings. The van der Waals surface area contributed by atoms with Crippen LogP contribution in [0.25, 0.3) is 0 Å². The van der Waals surface area contributed by atoms with E-state index in [2.05, 4.69) is 37.7 Å². The van der Waals surface area contributed by atoms with Crippen LogP contribution < -0.4 is 10.0 Å². The second-order valence-electron chi connectivity index (χ2n) is 6.16. The highest BCUT2D eigenvalue weighted by Crippen LogP contribution is 2.18. The van der Waals surface area contributed by atoms with E-state index in [1.54, 1.807) is 24.3 Å². The Balaban J connectivity index is 2.63. The van der Waals surface area contributed by atoms with E-state index in [1.807, 2.05) is 0 Å². The zero-order chi connectivity index (χ0) is 15.2. The zero-order valence-electron chi connectivity index (χ0n) is 12.9. The highest BCUT2D eigenvalue weighted by atomic mass is 32.2. The molecule has 0 aliphatic carbocycles. The van der Waals surface area contributed by atoms with E-state index < -0.39 is 10.0 Å². The fourth-order valence-corrected chi connectivity index (χ4v) is 2.70. The molecule has 1 rings (SSSR count). The first kappa shape index (κ1) is 17.0. The standard InChI is InChI=1S/C15H26N2O2S/c1-5-11-16-13-6-8-14(9-7-13)20(18,19)17-12-10-15(2,3)4/h6-9,16-17H,5,10-12H2,1-4H3. The minimum Gasteiger partial charge on any atom is -0.385 e. The van der Waals surface area contributed by atoms with Crippen molar-refractivity contribution >= 4 is 15.7 Å². The van der Waals surface area contributed by atoms with E-state index >= 15 is 0 Å². The van der Waals surface area contributed by atoms with Gasteiger partial charge in [-0.25, -0.2) is 13.1 Å². The van der Waals surface area contributed by atoms with Gasteiger partial charge in [0.25, 0.3) is 0 Å². The summed E-state index contributed by atoms with van der Waals surface area (Å²) in [6.45, 7) is 9.71. The second-order valence-corrected chi connectivity index (χ2v) is 7.93. The molecule has 0 saturated heterocycles. The SMILES string of the molecule is CCCNc1ccc(S(=O)(=O)NCCC(C)(C)C)cc1. The Labute approximate surface area is 123 Å². The molecule has 0 fully saturated rings. The van der Waals surface area contributed by atoms with Crippen molar-refractivity contribution in [1.29, 1.82) is 0 Å². The van der Waals surface area contributed by atoms with Crippen molar-refractivity contribution in [2.24, 2.45) is 5.41 Å². The first-order valence-corrected chi connectivity index (χ1v) is 8.56. The van der Waals surface area contributed by atoms with Crippen LogP contribution in [0.5, 0.6) is 0 Å². The van der Waals surface area contributed by atoms with Crippen molar-refractivity contribution < 1.29 is 8.42 Å². The summed E-state index contributed by atoms with van der Waals surface area (Å²) in [5.41, 5.74) is 1.07. The van der Waals surface area contributed by atoms with Gasteiger partial charge in [0.1, 0.15) is 0 Å². The maximum atomic E-state index is 12.1. The van der Waals surface area contributed by atoms with Crippen molar-refractivity contribution in [3.05, 3.63) is 24.3 Å². The lowest BCUT2D eigenvalue weighted by Gasteiger charge is -2.18. The van der Waals surface area contributed by atoms with E-state index in [9.17, 15) is 8.42 Å². The van der Waals surface area contributed by atoms with Gasteiger partial charge >= 0.3 is 0 Å². The lowest BCUT2D eigenvalue weighted by atomic mass is 9.93. The third kappa shape index (κ3) is 5.92. The Kier molecular flexibility index (Phi) is 6.02. The van der Waals surface area contributed by atoms with Crippen LogP contribution in [0, 0.1) is 5.41 Å². The fraction of sp³-hybridized carbons (Fsp3) is 0.600. The van der Waals surface area contributed by atoms with E-state index in [1.165, 1.54) is 0 Å². The molecular weight excluding hydrogens is 272 g/mol.